The molecule has 216 valence electrons. The van der Waals surface area contributed by atoms with Crippen molar-refractivity contribution in [3.05, 3.63) is 11.7 Å². The second kappa shape index (κ2) is 8.30. The number of hydrogen-bond acceptors (Lipinski definition) is 1. The van der Waals surface area contributed by atoms with E-state index in [2.05, 4.69) is 0 Å². The molecule has 0 aromatic rings. The molecule has 0 spiro atoms. The Labute approximate surface area is 179 Å². The van der Waals surface area contributed by atoms with Crippen molar-refractivity contribution in [1.82, 2.24) is 0 Å². The van der Waals surface area contributed by atoms with Crippen LogP contribution in [0.5, 0.6) is 0 Å². The van der Waals surface area contributed by atoms with Gasteiger partial charge in [0.2, 0.25) is 11.7 Å². The van der Waals surface area contributed by atoms with E-state index in [4.69, 9.17) is 5.11 Å². The Morgan fingerprint density at radius 2 is 0.556 bits per heavy atom. The predicted octanol–water partition coefficient (Wildman–Crippen LogP) is 7.37. The highest BCUT2D eigenvalue weighted by Crippen LogP contribution is 2.65. The van der Waals surface area contributed by atoms with Crippen molar-refractivity contribution < 1.29 is 106 Å². The molecule has 0 fully saturated rings. The molecule has 0 aliphatic heterocycles. The smallest absolute Gasteiger partial charge is 0.331 e. The van der Waals surface area contributed by atoms with Gasteiger partial charge in [0.05, 0.1) is 0 Å². The molecule has 0 saturated carbocycles. The van der Waals surface area contributed by atoms with E-state index >= 15 is 0 Å². The van der Waals surface area contributed by atoms with Gasteiger partial charge in [-0.25, -0.2) is 4.39 Å². The van der Waals surface area contributed by atoms with Crippen molar-refractivity contribution in [2.24, 2.45) is 0 Å². The van der Waals surface area contributed by atoms with E-state index in [1.165, 1.54) is 0 Å². The molecule has 24 heteroatoms. The highest BCUT2D eigenvalue weighted by atomic mass is 19.4. The Hall–Kier alpha value is -1.91. The average Bonchev–Trinajstić information content (AvgIpc) is 2.63. The average molecular weight is 598 g/mol. The highest BCUT2D eigenvalue weighted by molar-refractivity contribution is 5.23. The molecule has 1 nitrogen and oxygen atoms in total. The summed E-state index contributed by atoms with van der Waals surface area (Å²) in [4.78, 5) is 0. The maximum absolute atomic E-state index is 13.3. The molecule has 0 aromatic carbocycles. The molecular weight excluding hydrogens is 597 g/mol. The van der Waals surface area contributed by atoms with Crippen molar-refractivity contribution in [3.63, 3.8) is 0 Å². The van der Waals surface area contributed by atoms with Crippen molar-refractivity contribution in [3.8, 4) is 0 Å². The molecule has 0 atom stereocenters. The minimum absolute atomic E-state index is 5.11. The fourth-order valence-electron chi connectivity index (χ4n) is 1.77. The number of aliphatic hydroxyl groups is 1. The van der Waals surface area contributed by atoms with Crippen LogP contribution in [0.15, 0.2) is 11.7 Å². The highest BCUT2D eigenvalue weighted by Gasteiger charge is 2.96. The van der Waals surface area contributed by atoms with Gasteiger partial charge in [0.15, 0.2) is 0 Å². The Bertz CT molecular complexity index is 853. The summed E-state index contributed by atoms with van der Waals surface area (Å²) < 4.78 is 295. The van der Waals surface area contributed by atoms with Crippen LogP contribution in [-0.2, 0) is 0 Å². The van der Waals surface area contributed by atoms with Crippen LogP contribution in [-0.4, -0.2) is 64.8 Å². The summed E-state index contributed by atoms with van der Waals surface area (Å²) in [6, 6.07) is 0. The molecule has 0 saturated heterocycles. The minimum atomic E-state index is -9.31. The van der Waals surface area contributed by atoms with Gasteiger partial charge in [-0.1, -0.05) is 0 Å². The molecule has 0 amide bonds. The van der Waals surface area contributed by atoms with E-state index in [-0.39, 0.29) is 0 Å². The summed E-state index contributed by atoms with van der Waals surface area (Å²) in [6.07, 6.45) is -14.7. The van der Waals surface area contributed by atoms with Crippen LogP contribution >= 0.6 is 0 Å². The van der Waals surface area contributed by atoms with Crippen LogP contribution in [0.4, 0.5) is 101 Å². The summed E-state index contributed by atoms with van der Waals surface area (Å²) >= 11 is 0. The van der Waals surface area contributed by atoms with Gasteiger partial charge in [-0.2, -0.15) is 96.6 Å². The Balaban J connectivity index is 7.18. The lowest BCUT2D eigenvalue weighted by Gasteiger charge is -2.43. The monoisotopic (exact) mass is 598 g/mol. The topological polar surface area (TPSA) is 20.2 Å². The number of halogens is 23. The number of rotatable bonds is 9. The Morgan fingerprint density at radius 1 is 0.333 bits per heavy atom. The normalized spacial score (nSPS) is 17.3. The first-order chi connectivity index (χ1) is 15.1. The molecule has 0 rings (SSSR count). The van der Waals surface area contributed by atoms with Gasteiger partial charge in [0.25, 0.3) is 0 Å². The quantitative estimate of drug-likeness (QED) is 0.275. The first-order valence-electron chi connectivity index (χ1n) is 7.32. The van der Waals surface area contributed by atoms with Crippen LogP contribution in [0.25, 0.3) is 0 Å². The van der Waals surface area contributed by atoms with Gasteiger partial charge in [0.1, 0.15) is 0 Å². The molecule has 0 aliphatic rings. The zero-order valence-corrected chi connectivity index (χ0v) is 15.1. The first kappa shape index (κ1) is 34.1. The maximum Gasteiger partial charge on any atom is 0.445 e. The second-order valence-corrected chi connectivity index (χ2v) is 6.26. The predicted molar refractivity (Wildman–Crippen MR) is 62.0 cm³/mol. The fraction of sp³-hybridized carbons (Fsp3) is 0.833. The SMILES string of the molecule is OC(F)(F)C(F)(F)C(F)(F)C(F)(F)C(F)(F)C(F)(F)C(F)(F)C(F)(F)C(F)(F)C(F)=C(F)C(F)(F)F. The maximum atomic E-state index is 13.3. The molecule has 0 bridgehead atoms. The summed E-state index contributed by atoms with van der Waals surface area (Å²) in [5.41, 5.74) is 0. The summed E-state index contributed by atoms with van der Waals surface area (Å²) in [6.45, 7) is 0. The third-order valence-corrected chi connectivity index (χ3v) is 3.86. The van der Waals surface area contributed by atoms with E-state index in [1.54, 1.807) is 0 Å². The summed E-state index contributed by atoms with van der Waals surface area (Å²) in [5, 5.41) is 7.42. The molecule has 0 unspecified atom stereocenters. The molecule has 36 heavy (non-hydrogen) atoms. The van der Waals surface area contributed by atoms with Gasteiger partial charge in [-0.3, -0.25) is 0 Å². The second-order valence-electron chi connectivity index (χ2n) is 6.26. The lowest BCUT2D eigenvalue weighted by atomic mass is 9.87. The van der Waals surface area contributed by atoms with E-state index in [9.17, 15) is 101 Å². The van der Waals surface area contributed by atoms with E-state index in [0.29, 0.717) is 0 Å². The number of hydrogen-bond donors (Lipinski definition) is 1. The van der Waals surface area contributed by atoms with Crippen molar-refractivity contribution in [1.29, 1.82) is 0 Å². The molecule has 1 N–H and O–H groups in total. The lowest BCUT2D eigenvalue weighted by Crippen LogP contribution is -2.76. The van der Waals surface area contributed by atoms with Gasteiger partial charge in [0, 0.05) is 0 Å². The molecular formula is C12HF23O. The molecule has 0 aliphatic carbocycles. The Kier molecular flexibility index (Phi) is 7.86. The lowest BCUT2D eigenvalue weighted by molar-refractivity contribution is -0.473. The van der Waals surface area contributed by atoms with E-state index in [0.717, 1.165) is 0 Å². The Morgan fingerprint density at radius 3 is 0.778 bits per heavy atom. The van der Waals surface area contributed by atoms with Crippen molar-refractivity contribution in [2.45, 2.75) is 59.7 Å². The van der Waals surface area contributed by atoms with Gasteiger partial charge in [-0.05, 0) is 0 Å². The fourth-order valence-corrected chi connectivity index (χ4v) is 1.77. The van der Waals surface area contributed by atoms with Crippen LogP contribution in [0.2, 0.25) is 0 Å². The number of allylic oxidation sites excluding steroid dienone is 2. The number of alkyl halides is 21. The first-order valence-corrected chi connectivity index (χ1v) is 7.32. The van der Waals surface area contributed by atoms with Gasteiger partial charge < -0.3 is 5.11 Å². The van der Waals surface area contributed by atoms with Crippen LogP contribution < -0.4 is 0 Å². The van der Waals surface area contributed by atoms with Crippen LogP contribution in [0.3, 0.4) is 0 Å². The van der Waals surface area contributed by atoms with Crippen LogP contribution in [0.1, 0.15) is 0 Å². The summed E-state index contributed by atoms with van der Waals surface area (Å²) in [5.74, 6) is -82.0. The zero-order chi connectivity index (χ0) is 30.2. The van der Waals surface area contributed by atoms with Gasteiger partial charge in [-0.15, -0.1) is 0 Å². The van der Waals surface area contributed by atoms with Crippen molar-refractivity contribution >= 4 is 0 Å². The third kappa shape index (κ3) is 4.19. The van der Waals surface area contributed by atoms with E-state index < -0.39 is 71.3 Å². The molecule has 0 heterocycles. The largest absolute Gasteiger partial charge is 0.445 e. The molecule has 0 radical (unpaired) electrons. The standard InChI is InChI=1S/C12HF23O/c13-1(2(14)4(17,18)19)3(15,16)5(20,21)6(22,23)7(24,25)8(26,27)9(28,29)10(30,31)11(32,33)12(34,35)36/h36H. The van der Waals surface area contributed by atoms with Crippen LogP contribution in [0, 0.1) is 0 Å². The minimum Gasteiger partial charge on any atom is -0.331 e. The van der Waals surface area contributed by atoms with E-state index in [1.807, 2.05) is 0 Å². The van der Waals surface area contributed by atoms with Gasteiger partial charge >= 0.3 is 59.7 Å². The van der Waals surface area contributed by atoms with Crippen molar-refractivity contribution in [2.75, 3.05) is 0 Å². The molecule has 0 aromatic heterocycles. The zero-order valence-electron chi connectivity index (χ0n) is 15.1. The third-order valence-electron chi connectivity index (χ3n) is 3.86. The summed E-state index contributed by atoms with van der Waals surface area (Å²) in [7, 11) is 0.